The highest BCUT2D eigenvalue weighted by Gasteiger charge is 2.35. The lowest BCUT2D eigenvalue weighted by molar-refractivity contribution is -0.128. The van der Waals surface area contributed by atoms with Crippen molar-refractivity contribution in [1.82, 2.24) is 20.5 Å². The molecule has 28 heavy (non-hydrogen) atoms. The molecule has 1 saturated heterocycles. The fourth-order valence-electron chi connectivity index (χ4n) is 2.98. The first-order chi connectivity index (χ1) is 13.3. The molecule has 1 fully saturated rings. The number of aromatic nitrogens is 1. The molecule has 2 heterocycles. The Morgan fingerprint density at radius 1 is 1.29 bits per heavy atom. The minimum absolute atomic E-state index is 0.0687. The minimum atomic E-state index is -0.841. The van der Waals surface area contributed by atoms with Crippen molar-refractivity contribution in [3.05, 3.63) is 30.1 Å². The van der Waals surface area contributed by atoms with Crippen molar-refractivity contribution in [3.8, 4) is 0 Å². The number of aliphatic hydroxyl groups is 1. The van der Waals surface area contributed by atoms with E-state index in [0.717, 1.165) is 5.56 Å². The molecule has 1 aromatic heterocycles. The van der Waals surface area contributed by atoms with E-state index < -0.39 is 30.2 Å². The summed E-state index contributed by atoms with van der Waals surface area (Å²) in [6, 6.07) is 2.09. The third-order valence-corrected chi connectivity index (χ3v) is 4.50. The second-order valence-corrected chi connectivity index (χ2v) is 7.36. The predicted molar refractivity (Wildman–Crippen MR) is 101 cm³/mol. The Morgan fingerprint density at radius 2 is 1.96 bits per heavy atom. The minimum Gasteiger partial charge on any atom is -0.445 e. The van der Waals surface area contributed by atoms with Gasteiger partial charge in [0, 0.05) is 32.4 Å². The molecule has 2 rings (SSSR count). The Morgan fingerprint density at radius 3 is 2.54 bits per heavy atom. The molecule has 0 aromatic carbocycles. The van der Waals surface area contributed by atoms with Gasteiger partial charge in [-0.25, -0.2) is 4.79 Å². The van der Waals surface area contributed by atoms with Crippen LogP contribution in [0.15, 0.2) is 24.5 Å². The Hall–Kier alpha value is -2.68. The number of aliphatic hydroxyl groups excluding tert-OH is 1. The third kappa shape index (κ3) is 6.49. The van der Waals surface area contributed by atoms with E-state index in [9.17, 15) is 19.5 Å². The summed E-state index contributed by atoms with van der Waals surface area (Å²) in [4.78, 5) is 41.6. The summed E-state index contributed by atoms with van der Waals surface area (Å²) in [5.41, 5.74) is 0.786. The Kier molecular flexibility index (Phi) is 7.74. The first-order valence-electron chi connectivity index (χ1n) is 9.32. The Bertz CT molecular complexity index is 682. The lowest BCUT2D eigenvalue weighted by Crippen LogP contribution is -2.53. The van der Waals surface area contributed by atoms with Crippen LogP contribution in [0.1, 0.15) is 32.8 Å². The Labute approximate surface area is 164 Å². The fourth-order valence-corrected chi connectivity index (χ4v) is 2.98. The lowest BCUT2D eigenvalue weighted by Gasteiger charge is -2.23. The van der Waals surface area contributed by atoms with Gasteiger partial charge in [0.05, 0.1) is 12.1 Å². The topological polar surface area (TPSA) is 121 Å². The lowest BCUT2D eigenvalue weighted by atomic mass is 10.0. The van der Waals surface area contributed by atoms with Crippen LogP contribution in [-0.4, -0.2) is 64.2 Å². The van der Waals surface area contributed by atoms with E-state index in [0.29, 0.717) is 6.42 Å². The van der Waals surface area contributed by atoms with Crippen molar-refractivity contribution in [2.24, 2.45) is 5.92 Å². The zero-order valence-corrected chi connectivity index (χ0v) is 16.4. The van der Waals surface area contributed by atoms with E-state index in [4.69, 9.17) is 4.74 Å². The average molecular weight is 392 g/mol. The third-order valence-electron chi connectivity index (χ3n) is 4.50. The maximum atomic E-state index is 12.7. The summed E-state index contributed by atoms with van der Waals surface area (Å²) < 4.78 is 5.17. The van der Waals surface area contributed by atoms with Gasteiger partial charge in [-0.15, -0.1) is 0 Å². The van der Waals surface area contributed by atoms with Crippen LogP contribution in [0.25, 0.3) is 0 Å². The van der Waals surface area contributed by atoms with Crippen LogP contribution in [0.2, 0.25) is 0 Å². The number of ether oxygens (including phenoxy) is 1. The summed E-state index contributed by atoms with van der Waals surface area (Å²) in [6.07, 6.45) is 2.07. The molecular formula is C19H28N4O5. The largest absolute Gasteiger partial charge is 0.445 e. The van der Waals surface area contributed by atoms with Gasteiger partial charge in [-0.1, -0.05) is 13.8 Å². The molecule has 2 unspecified atom stereocenters. The van der Waals surface area contributed by atoms with E-state index in [2.05, 4.69) is 15.6 Å². The van der Waals surface area contributed by atoms with Gasteiger partial charge in [0.15, 0.2) is 0 Å². The first-order valence-corrected chi connectivity index (χ1v) is 9.32. The number of amides is 3. The van der Waals surface area contributed by atoms with Gasteiger partial charge < -0.3 is 25.4 Å². The molecular weight excluding hydrogens is 364 g/mol. The zero-order chi connectivity index (χ0) is 20.7. The van der Waals surface area contributed by atoms with Gasteiger partial charge in [-0.2, -0.15) is 0 Å². The number of likely N-dealkylation sites (tertiary alicyclic amines) is 1. The smallest absolute Gasteiger partial charge is 0.408 e. The van der Waals surface area contributed by atoms with Crippen molar-refractivity contribution < 1.29 is 24.2 Å². The molecule has 0 bridgehead atoms. The number of hydrogen-bond acceptors (Lipinski definition) is 6. The van der Waals surface area contributed by atoms with Crippen LogP contribution in [0.4, 0.5) is 4.79 Å². The monoisotopic (exact) mass is 392 g/mol. The van der Waals surface area contributed by atoms with E-state index in [1.807, 2.05) is 13.8 Å². The van der Waals surface area contributed by atoms with Crippen molar-refractivity contribution >= 4 is 17.9 Å². The number of β-amino-alcohol motifs (C(OH)–C–C–N with tert-alkyl or cyclic N) is 1. The molecule has 1 aliphatic rings. The first kappa shape index (κ1) is 21.6. The van der Waals surface area contributed by atoms with Crippen LogP contribution < -0.4 is 10.6 Å². The van der Waals surface area contributed by atoms with E-state index >= 15 is 0 Å². The van der Waals surface area contributed by atoms with E-state index in [-0.39, 0.29) is 31.5 Å². The molecule has 0 radical (unpaired) electrons. The number of nitrogens with zero attached hydrogens (tertiary/aromatic N) is 2. The van der Waals surface area contributed by atoms with Crippen LogP contribution in [0, 0.1) is 5.92 Å². The number of pyridine rings is 1. The van der Waals surface area contributed by atoms with Gasteiger partial charge in [-0.3, -0.25) is 14.6 Å². The van der Waals surface area contributed by atoms with Crippen molar-refractivity contribution in [2.45, 2.75) is 52.0 Å². The summed E-state index contributed by atoms with van der Waals surface area (Å²) in [5.74, 6) is -0.421. The zero-order valence-electron chi connectivity index (χ0n) is 16.4. The molecule has 0 aliphatic carbocycles. The summed E-state index contributed by atoms with van der Waals surface area (Å²) in [7, 11) is 0. The predicted octanol–water partition coefficient (Wildman–Crippen LogP) is 0.430. The van der Waals surface area contributed by atoms with Gasteiger partial charge >= 0.3 is 6.09 Å². The molecule has 1 aromatic rings. The van der Waals surface area contributed by atoms with Gasteiger partial charge in [0.2, 0.25) is 11.8 Å². The molecule has 3 amide bonds. The number of carbonyl (C=O) groups excluding carboxylic acids is 3. The fraction of sp³-hybridized carbons (Fsp3) is 0.579. The highest BCUT2D eigenvalue weighted by atomic mass is 16.5. The highest BCUT2D eigenvalue weighted by molar-refractivity contribution is 5.86. The molecule has 154 valence electrons. The average Bonchev–Trinajstić information content (AvgIpc) is 3.01. The number of alkyl carbamates (subject to hydrolysis) is 1. The molecule has 3 N–H and O–H groups in total. The molecule has 0 saturated carbocycles. The molecule has 3 atom stereocenters. The summed E-state index contributed by atoms with van der Waals surface area (Å²) in [5, 5.41) is 15.4. The van der Waals surface area contributed by atoms with Gasteiger partial charge in [0.1, 0.15) is 12.6 Å². The quantitative estimate of drug-likeness (QED) is 0.619. The normalized spacial score (nSPS) is 20.0. The van der Waals surface area contributed by atoms with E-state index in [1.54, 1.807) is 24.5 Å². The van der Waals surface area contributed by atoms with Crippen molar-refractivity contribution in [1.29, 1.82) is 0 Å². The number of carbonyl (C=O) groups is 3. The van der Waals surface area contributed by atoms with Crippen molar-refractivity contribution in [3.63, 3.8) is 0 Å². The number of nitrogens with one attached hydrogen (secondary N) is 2. The van der Waals surface area contributed by atoms with Gasteiger partial charge in [0.25, 0.3) is 0 Å². The molecule has 9 heteroatoms. The van der Waals surface area contributed by atoms with Crippen molar-refractivity contribution in [2.75, 3.05) is 13.1 Å². The molecule has 1 aliphatic heterocycles. The van der Waals surface area contributed by atoms with Crippen LogP contribution >= 0.6 is 0 Å². The van der Waals surface area contributed by atoms with Crippen LogP contribution in [0.5, 0.6) is 0 Å². The Balaban J connectivity index is 1.91. The standard InChI is InChI=1S/C19H28N4O5/c1-12(2)8-15(22-19(27)28-11-14-4-6-20-7-5-14)18(26)21-16-9-23(13(3)24)10-17(16)25/h4-7,12,15-17,25H,8-11H2,1-3H3,(H,21,26)(H,22,27)/t15-,16?,17?/m0/s1. The highest BCUT2D eigenvalue weighted by Crippen LogP contribution is 2.12. The number of rotatable bonds is 7. The summed E-state index contributed by atoms with van der Waals surface area (Å²) in [6.45, 7) is 5.77. The summed E-state index contributed by atoms with van der Waals surface area (Å²) >= 11 is 0. The second-order valence-electron chi connectivity index (χ2n) is 7.36. The maximum absolute atomic E-state index is 12.7. The second kappa shape index (κ2) is 10.0. The van der Waals surface area contributed by atoms with Gasteiger partial charge in [-0.05, 0) is 30.0 Å². The molecule has 9 nitrogen and oxygen atoms in total. The maximum Gasteiger partial charge on any atom is 0.408 e. The van der Waals surface area contributed by atoms with E-state index in [1.165, 1.54) is 11.8 Å². The van der Waals surface area contributed by atoms with Crippen LogP contribution in [-0.2, 0) is 20.9 Å². The molecule has 0 spiro atoms. The SMILES string of the molecule is CC(=O)N1CC(O)C(NC(=O)[C@H](CC(C)C)NC(=O)OCc2ccncc2)C1. The number of hydrogen-bond donors (Lipinski definition) is 3. The van der Waals surface area contributed by atoms with Crippen LogP contribution in [0.3, 0.4) is 0 Å².